The molecule has 0 aromatic heterocycles. The van der Waals surface area contributed by atoms with Crippen molar-refractivity contribution in [3.63, 3.8) is 0 Å². The lowest BCUT2D eigenvalue weighted by Crippen LogP contribution is -2.42. The van der Waals surface area contributed by atoms with E-state index in [-0.39, 0.29) is 12.1 Å². The van der Waals surface area contributed by atoms with Crippen molar-refractivity contribution < 1.29 is 14.3 Å². The molecule has 1 atom stereocenters. The number of carbonyl (C=O) groups is 1. The quantitative estimate of drug-likeness (QED) is 0.636. The summed E-state index contributed by atoms with van der Waals surface area (Å²) in [5.41, 5.74) is 0. The predicted molar refractivity (Wildman–Crippen MR) is 56.9 cm³/mol. The van der Waals surface area contributed by atoms with E-state index in [0.29, 0.717) is 13.2 Å². The predicted octanol–water partition coefficient (Wildman–Crippen LogP) is 0.501. The van der Waals surface area contributed by atoms with Gasteiger partial charge in [-0.3, -0.25) is 0 Å². The number of amides is 2. The van der Waals surface area contributed by atoms with Gasteiger partial charge in [-0.1, -0.05) is 0 Å². The lowest BCUT2D eigenvalue weighted by Gasteiger charge is -2.11. The SMILES string of the molecule is COCCCCNC(=O)NC1CCOC1. The summed E-state index contributed by atoms with van der Waals surface area (Å²) in [7, 11) is 1.68. The molecule has 0 radical (unpaired) electrons. The van der Waals surface area contributed by atoms with Crippen molar-refractivity contribution in [2.45, 2.75) is 25.3 Å². The van der Waals surface area contributed by atoms with E-state index in [1.165, 1.54) is 0 Å². The fourth-order valence-electron chi connectivity index (χ4n) is 1.46. The number of ether oxygens (including phenoxy) is 2. The van der Waals surface area contributed by atoms with Gasteiger partial charge in [-0.25, -0.2) is 4.79 Å². The minimum absolute atomic E-state index is 0.0945. The highest BCUT2D eigenvalue weighted by Gasteiger charge is 2.16. The number of unbranched alkanes of at least 4 members (excludes halogenated alkanes) is 1. The summed E-state index contributed by atoms with van der Waals surface area (Å²) in [4.78, 5) is 11.3. The molecule has 0 aromatic carbocycles. The summed E-state index contributed by atoms with van der Waals surface area (Å²) in [5, 5.41) is 5.67. The fourth-order valence-corrected chi connectivity index (χ4v) is 1.46. The van der Waals surface area contributed by atoms with Crippen LogP contribution in [0.25, 0.3) is 0 Å². The van der Waals surface area contributed by atoms with Gasteiger partial charge in [-0.05, 0) is 19.3 Å². The molecule has 1 fully saturated rings. The highest BCUT2D eigenvalue weighted by atomic mass is 16.5. The van der Waals surface area contributed by atoms with Crippen LogP contribution in [-0.4, -0.2) is 45.5 Å². The first-order chi connectivity index (χ1) is 7.33. The molecule has 0 spiro atoms. The van der Waals surface area contributed by atoms with Crippen LogP contribution in [0.1, 0.15) is 19.3 Å². The molecule has 1 unspecified atom stereocenters. The van der Waals surface area contributed by atoms with Crippen molar-refractivity contribution in [1.29, 1.82) is 0 Å². The van der Waals surface area contributed by atoms with Gasteiger partial charge in [-0.15, -0.1) is 0 Å². The molecule has 1 aliphatic heterocycles. The smallest absolute Gasteiger partial charge is 0.315 e. The van der Waals surface area contributed by atoms with Crippen LogP contribution in [0.2, 0.25) is 0 Å². The van der Waals surface area contributed by atoms with E-state index in [1.54, 1.807) is 7.11 Å². The highest BCUT2D eigenvalue weighted by Crippen LogP contribution is 2.02. The van der Waals surface area contributed by atoms with E-state index in [2.05, 4.69) is 10.6 Å². The molecule has 1 aliphatic rings. The van der Waals surface area contributed by atoms with Gasteiger partial charge in [0.25, 0.3) is 0 Å². The third kappa shape index (κ3) is 5.59. The van der Waals surface area contributed by atoms with Crippen LogP contribution >= 0.6 is 0 Å². The molecule has 0 aromatic rings. The molecule has 2 amide bonds. The molecule has 1 saturated heterocycles. The Bertz CT molecular complexity index is 182. The maximum Gasteiger partial charge on any atom is 0.315 e. The second-order valence-electron chi connectivity index (χ2n) is 3.66. The Labute approximate surface area is 90.5 Å². The number of hydrogen-bond donors (Lipinski definition) is 2. The fraction of sp³-hybridized carbons (Fsp3) is 0.900. The van der Waals surface area contributed by atoms with Crippen molar-refractivity contribution in [3.05, 3.63) is 0 Å². The van der Waals surface area contributed by atoms with Crippen LogP contribution in [0, 0.1) is 0 Å². The zero-order valence-corrected chi connectivity index (χ0v) is 9.25. The maximum atomic E-state index is 11.3. The van der Waals surface area contributed by atoms with E-state index in [1.807, 2.05) is 0 Å². The molecule has 0 saturated carbocycles. The second kappa shape index (κ2) is 7.48. The topological polar surface area (TPSA) is 59.6 Å². The zero-order chi connectivity index (χ0) is 10.9. The van der Waals surface area contributed by atoms with E-state index in [0.717, 1.165) is 32.5 Å². The van der Waals surface area contributed by atoms with Crippen molar-refractivity contribution in [1.82, 2.24) is 10.6 Å². The van der Waals surface area contributed by atoms with Crippen molar-refractivity contribution in [3.8, 4) is 0 Å². The van der Waals surface area contributed by atoms with Gasteiger partial charge in [0, 0.05) is 26.9 Å². The van der Waals surface area contributed by atoms with Gasteiger partial charge in [0.1, 0.15) is 0 Å². The zero-order valence-electron chi connectivity index (χ0n) is 9.25. The van der Waals surface area contributed by atoms with E-state index in [4.69, 9.17) is 9.47 Å². The van der Waals surface area contributed by atoms with E-state index < -0.39 is 0 Å². The summed E-state index contributed by atoms with van der Waals surface area (Å²) in [6.45, 7) is 2.83. The van der Waals surface area contributed by atoms with Crippen molar-refractivity contribution in [2.24, 2.45) is 0 Å². The van der Waals surface area contributed by atoms with Crippen LogP contribution in [-0.2, 0) is 9.47 Å². The molecule has 2 N–H and O–H groups in total. The molecule has 1 rings (SSSR count). The van der Waals surface area contributed by atoms with Crippen LogP contribution in [0.15, 0.2) is 0 Å². The van der Waals surface area contributed by atoms with E-state index in [9.17, 15) is 4.79 Å². The summed E-state index contributed by atoms with van der Waals surface area (Å²) >= 11 is 0. The van der Waals surface area contributed by atoms with Gasteiger partial charge in [0.2, 0.25) is 0 Å². The molecule has 5 heteroatoms. The molecule has 0 aliphatic carbocycles. The van der Waals surface area contributed by atoms with E-state index >= 15 is 0 Å². The molecular formula is C10H20N2O3. The molecular weight excluding hydrogens is 196 g/mol. The third-order valence-corrected chi connectivity index (χ3v) is 2.33. The van der Waals surface area contributed by atoms with Gasteiger partial charge >= 0.3 is 6.03 Å². The summed E-state index contributed by atoms with van der Waals surface area (Å²) < 4.78 is 10.1. The van der Waals surface area contributed by atoms with Gasteiger partial charge in [-0.2, -0.15) is 0 Å². The summed E-state index contributed by atoms with van der Waals surface area (Å²) in [5.74, 6) is 0. The van der Waals surface area contributed by atoms with Crippen LogP contribution in [0.4, 0.5) is 4.79 Å². The normalized spacial score (nSPS) is 20.2. The number of methoxy groups -OCH3 is 1. The van der Waals surface area contributed by atoms with Gasteiger partial charge in [0.05, 0.1) is 12.6 Å². The first kappa shape index (κ1) is 12.3. The Kier molecular flexibility index (Phi) is 6.11. The van der Waals surface area contributed by atoms with Gasteiger partial charge < -0.3 is 20.1 Å². The first-order valence-corrected chi connectivity index (χ1v) is 5.44. The van der Waals surface area contributed by atoms with Gasteiger partial charge in [0.15, 0.2) is 0 Å². The molecule has 5 nitrogen and oxygen atoms in total. The Balaban J connectivity index is 1.93. The Morgan fingerprint density at radius 1 is 1.53 bits per heavy atom. The minimum atomic E-state index is -0.0945. The monoisotopic (exact) mass is 216 g/mol. The Hall–Kier alpha value is -0.810. The lowest BCUT2D eigenvalue weighted by molar-refractivity contribution is 0.187. The number of rotatable bonds is 6. The molecule has 0 bridgehead atoms. The largest absolute Gasteiger partial charge is 0.385 e. The number of hydrogen-bond acceptors (Lipinski definition) is 3. The van der Waals surface area contributed by atoms with Crippen molar-refractivity contribution >= 4 is 6.03 Å². The first-order valence-electron chi connectivity index (χ1n) is 5.44. The highest BCUT2D eigenvalue weighted by molar-refractivity contribution is 5.74. The van der Waals surface area contributed by atoms with Crippen LogP contribution < -0.4 is 10.6 Å². The van der Waals surface area contributed by atoms with Crippen molar-refractivity contribution in [2.75, 3.05) is 33.5 Å². The third-order valence-electron chi connectivity index (χ3n) is 2.33. The Morgan fingerprint density at radius 3 is 3.07 bits per heavy atom. The summed E-state index contributed by atoms with van der Waals surface area (Å²) in [6.07, 6.45) is 2.84. The number of nitrogens with one attached hydrogen (secondary N) is 2. The summed E-state index contributed by atoms with van der Waals surface area (Å²) in [6, 6.07) is 0.0897. The number of urea groups is 1. The average molecular weight is 216 g/mol. The maximum absolute atomic E-state index is 11.3. The standard InChI is InChI=1S/C10H20N2O3/c1-14-6-3-2-5-11-10(13)12-9-4-7-15-8-9/h9H,2-8H2,1H3,(H2,11,12,13). The second-order valence-corrected chi connectivity index (χ2v) is 3.66. The molecule has 1 heterocycles. The average Bonchev–Trinajstić information content (AvgIpc) is 2.70. The van der Waals surface area contributed by atoms with Crippen LogP contribution in [0.3, 0.4) is 0 Å². The molecule has 88 valence electrons. The minimum Gasteiger partial charge on any atom is -0.385 e. The van der Waals surface area contributed by atoms with Crippen LogP contribution in [0.5, 0.6) is 0 Å². The lowest BCUT2D eigenvalue weighted by atomic mass is 10.3. The Morgan fingerprint density at radius 2 is 2.40 bits per heavy atom. The number of carbonyl (C=O) groups excluding carboxylic acids is 1. The molecule has 15 heavy (non-hydrogen) atoms.